The van der Waals surface area contributed by atoms with E-state index in [-0.39, 0.29) is 0 Å². The second kappa shape index (κ2) is 7.85. The van der Waals surface area contributed by atoms with E-state index >= 15 is 0 Å². The molecule has 1 aromatic heterocycles. The molecule has 0 saturated heterocycles. The third-order valence-corrected chi connectivity index (χ3v) is 3.92. The Morgan fingerprint density at radius 3 is 2.45 bits per heavy atom. The van der Waals surface area contributed by atoms with Crippen molar-refractivity contribution >= 4 is 17.7 Å². The van der Waals surface area contributed by atoms with Crippen LogP contribution in [0, 0.1) is 0 Å². The van der Waals surface area contributed by atoms with Crippen molar-refractivity contribution in [3.8, 4) is 0 Å². The number of nitrogens with one attached hydrogen (secondary N) is 1. The highest BCUT2D eigenvalue weighted by Crippen LogP contribution is 2.16. The lowest BCUT2D eigenvalue weighted by Gasteiger charge is -2.07. The average molecular weight is 288 g/mol. The molecular formula is C15H20N4S. The quantitative estimate of drug-likeness (QED) is 0.626. The minimum absolute atomic E-state index is 0.632. The molecule has 0 atom stereocenters. The van der Waals surface area contributed by atoms with Crippen molar-refractivity contribution in [1.82, 2.24) is 15.2 Å². The molecule has 0 aliphatic rings. The van der Waals surface area contributed by atoms with E-state index in [1.54, 1.807) is 0 Å². The Bertz CT molecular complexity index is 531. The van der Waals surface area contributed by atoms with Gasteiger partial charge in [-0.3, -0.25) is 0 Å². The number of thioether (sulfide) groups is 1. The Balaban J connectivity index is 1.82. The predicted molar refractivity (Wildman–Crippen MR) is 84.2 cm³/mol. The molecular weight excluding hydrogens is 268 g/mol. The second-order valence-corrected chi connectivity index (χ2v) is 5.49. The van der Waals surface area contributed by atoms with E-state index in [0.29, 0.717) is 5.95 Å². The minimum atomic E-state index is 0.632. The maximum atomic E-state index is 4.51. The van der Waals surface area contributed by atoms with Crippen molar-refractivity contribution in [1.29, 1.82) is 0 Å². The maximum absolute atomic E-state index is 4.51. The van der Waals surface area contributed by atoms with E-state index in [1.807, 2.05) is 17.8 Å². The van der Waals surface area contributed by atoms with Crippen LogP contribution in [0.3, 0.4) is 0 Å². The first-order valence-electron chi connectivity index (χ1n) is 6.97. The molecule has 0 bridgehead atoms. The fraction of sp³-hybridized carbons (Fsp3) is 0.400. The fourth-order valence-electron chi connectivity index (χ4n) is 1.86. The Morgan fingerprint density at radius 2 is 1.75 bits per heavy atom. The van der Waals surface area contributed by atoms with Gasteiger partial charge in [-0.15, -0.1) is 16.9 Å². The number of anilines is 1. The Morgan fingerprint density at radius 1 is 1.00 bits per heavy atom. The second-order valence-electron chi connectivity index (χ2n) is 4.32. The van der Waals surface area contributed by atoms with E-state index in [4.69, 9.17) is 0 Å². The molecule has 1 heterocycles. The summed E-state index contributed by atoms with van der Waals surface area (Å²) in [6.07, 6.45) is 1.78. The van der Waals surface area contributed by atoms with Crippen molar-refractivity contribution in [2.45, 2.75) is 31.6 Å². The first kappa shape index (κ1) is 14.8. The summed E-state index contributed by atoms with van der Waals surface area (Å²) >= 11 is 1.82. The van der Waals surface area contributed by atoms with Crippen LogP contribution in [-0.2, 0) is 12.8 Å². The van der Waals surface area contributed by atoms with Gasteiger partial charge in [0.25, 0.3) is 0 Å². The van der Waals surface area contributed by atoms with E-state index in [1.165, 1.54) is 4.90 Å². The molecule has 1 aromatic carbocycles. The largest absolute Gasteiger partial charge is 0.352 e. The van der Waals surface area contributed by atoms with Gasteiger partial charge in [0.1, 0.15) is 0 Å². The van der Waals surface area contributed by atoms with Gasteiger partial charge in [0.2, 0.25) is 5.95 Å². The third-order valence-electron chi connectivity index (χ3n) is 2.91. The number of nitrogens with zero attached hydrogens (tertiary/aromatic N) is 3. The summed E-state index contributed by atoms with van der Waals surface area (Å²) in [6.45, 7) is 5.00. The van der Waals surface area contributed by atoms with E-state index in [9.17, 15) is 0 Å². The molecule has 0 amide bonds. The van der Waals surface area contributed by atoms with Crippen molar-refractivity contribution in [2.75, 3.05) is 17.6 Å². The maximum Gasteiger partial charge on any atom is 0.243 e. The number of benzene rings is 1. The SMILES string of the molecule is CCc1nnc(NCCSc2ccccc2)nc1CC. The number of hydrogen-bond donors (Lipinski definition) is 1. The summed E-state index contributed by atoms with van der Waals surface area (Å²) in [4.78, 5) is 5.79. The summed E-state index contributed by atoms with van der Waals surface area (Å²) in [5.41, 5.74) is 2.04. The van der Waals surface area contributed by atoms with Crippen LogP contribution in [0.25, 0.3) is 0 Å². The Labute approximate surface area is 124 Å². The van der Waals surface area contributed by atoms with E-state index in [2.05, 4.69) is 58.6 Å². The lowest BCUT2D eigenvalue weighted by atomic mass is 10.2. The van der Waals surface area contributed by atoms with E-state index in [0.717, 1.165) is 36.5 Å². The lowest BCUT2D eigenvalue weighted by molar-refractivity contribution is 0.822. The molecule has 0 spiro atoms. The number of hydrogen-bond acceptors (Lipinski definition) is 5. The van der Waals surface area contributed by atoms with Gasteiger partial charge in [-0.1, -0.05) is 32.0 Å². The van der Waals surface area contributed by atoms with E-state index < -0.39 is 0 Å². The Hall–Kier alpha value is -1.62. The summed E-state index contributed by atoms with van der Waals surface area (Å²) < 4.78 is 0. The third kappa shape index (κ3) is 4.20. The van der Waals surface area contributed by atoms with Crippen molar-refractivity contribution in [3.05, 3.63) is 41.7 Å². The highest BCUT2D eigenvalue weighted by molar-refractivity contribution is 7.99. The summed E-state index contributed by atoms with van der Waals surface area (Å²) in [6, 6.07) is 10.4. The van der Waals surface area contributed by atoms with Gasteiger partial charge in [0, 0.05) is 17.2 Å². The number of aromatic nitrogens is 3. The number of aryl methyl sites for hydroxylation is 2. The van der Waals surface area contributed by atoms with Crippen LogP contribution in [0.2, 0.25) is 0 Å². The summed E-state index contributed by atoms with van der Waals surface area (Å²) in [7, 11) is 0. The molecule has 2 aromatic rings. The predicted octanol–water partition coefficient (Wildman–Crippen LogP) is 3.20. The van der Waals surface area contributed by atoms with Gasteiger partial charge >= 0.3 is 0 Å². The first-order valence-corrected chi connectivity index (χ1v) is 7.96. The molecule has 0 unspecified atom stereocenters. The number of rotatable bonds is 7. The monoisotopic (exact) mass is 288 g/mol. The zero-order valence-electron chi connectivity index (χ0n) is 12.0. The highest BCUT2D eigenvalue weighted by Gasteiger charge is 2.05. The van der Waals surface area contributed by atoms with Crippen LogP contribution < -0.4 is 5.32 Å². The van der Waals surface area contributed by atoms with Gasteiger partial charge in [0.05, 0.1) is 11.4 Å². The molecule has 106 valence electrons. The first-order chi connectivity index (χ1) is 9.83. The molecule has 0 fully saturated rings. The summed E-state index contributed by atoms with van der Waals surface area (Å²) in [5, 5.41) is 11.6. The van der Waals surface area contributed by atoms with Crippen LogP contribution in [-0.4, -0.2) is 27.5 Å². The van der Waals surface area contributed by atoms with Crippen LogP contribution >= 0.6 is 11.8 Å². The molecule has 0 radical (unpaired) electrons. The van der Waals surface area contributed by atoms with Crippen LogP contribution in [0.1, 0.15) is 25.2 Å². The van der Waals surface area contributed by atoms with Crippen LogP contribution in [0.4, 0.5) is 5.95 Å². The smallest absolute Gasteiger partial charge is 0.243 e. The standard InChI is InChI=1S/C15H20N4S/c1-3-13-14(4-2)18-19-15(17-13)16-10-11-20-12-8-6-5-7-9-12/h5-9H,3-4,10-11H2,1-2H3,(H,16,17,19). The molecule has 20 heavy (non-hydrogen) atoms. The molecule has 1 N–H and O–H groups in total. The highest BCUT2D eigenvalue weighted by atomic mass is 32.2. The molecule has 2 rings (SSSR count). The normalized spacial score (nSPS) is 10.5. The summed E-state index contributed by atoms with van der Waals surface area (Å²) in [5.74, 6) is 1.61. The van der Waals surface area contributed by atoms with Crippen LogP contribution in [0.5, 0.6) is 0 Å². The van der Waals surface area contributed by atoms with Gasteiger partial charge < -0.3 is 5.32 Å². The topological polar surface area (TPSA) is 50.7 Å². The van der Waals surface area contributed by atoms with Gasteiger partial charge in [-0.25, -0.2) is 4.98 Å². The zero-order chi connectivity index (χ0) is 14.2. The fourth-order valence-corrected chi connectivity index (χ4v) is 2.65. The van der Waals surface area contributed by atoms with Gasteiger partial charge in [-0.2, -0.15) is 5.10 Å². The minimum Gasteiger partial charge on any atom is -0.352 e. The Kier molecular flexibility index (Phi) is 5.80. The van der Waals surface area contributed by atoms with Crippen molar-refractivity contribution in [3.63, 3.8) is 0 Å². The molecule has 5 heteroatoms. The van der Waals surface area contributed by atoms with Crippen molar-refractivity contribution in [2.24, 2.45) is 0 Å². The average Bonchev–Trinajstić information content (AvgIpc) is 2.52. The van der Waals surface area contributed by atoms with Crippen LogP contribution in [0.15, 0.2) is 35.2 Å². The molecule has 0 saturated carbocycles. The zero-order valence-corrected chi connectivity index (χ0v) is 12.8. The molecule has 0 aliphatic carbocycles. The van der Waals surface area contributed by atoms with Gasteiger partial charge in [-0.05, 0) is 25.0 Å². The molecule has 4 nitrogen and oxygen atoms in total. The lowest BCUT2D eigenvalue weighted by Crippen LogP contribution is -2.11. The van der Waals surface area contributed by atoms with Gasteiger partial charge in [0.15, 0.2) is 0 Å². The molecule has 0 aliphatic heterocycles. The van der Waals surface area contributed by atoms with Crippen molar-refractivity contribution < 1.29 is 0 Å².